The molecule has 19 heavy (non-hydrogen) atoms. The van der Waals surface area contributed by atoms with Gasteiger partial charge in [0.1, 0.15) is 0 Å². The van der Waals surface area contributed by atoms with E-state index in [1.54, 1.807) is 18.2 Å². The second kappa shape index (κ2) is 4.41. The van der Waals surface area contributed by atoms with Gasteiger partial charge in [0.25, 0.3) is 5.88 Å². The molecule has 1 aliphatic heterocycles. The molecule has 1 aliphatic rings. The highest BCUT2D eigenvalue weighted by atomic mass is 16.6. The zero-order valence-electron chi connectivity index (χ0n) is 9.61. The summed E-state index contributed by atoms with van der Waals surface area (Å²) in [7, 11) is 0. The summed E-state index contributed by atoms with van der Waals surface area (Å²) in [6.45, 7) is 0. The van der Waals surface area contributed by atoms with Crippen LogP contribution in [0, 0.1) is 0 Å². The van der Waals surface area contributed by atoms with Gasteiger partial charge in [0, 0.05) is 12.1 Å². The zero-order valence-corrected chi connectivity index (χ0v) is 9.61. The van der Waals surface area contributed by atoms with Gasteiger partial charge < -0.3 is 14.6 Å². The van der Waals surface area contributed by atoms with Crippen LogP contribution in [0.25, 0.3) is 6.08 Å². The molecule has 0 aliphatic carbocycles. The van der Waals surface area contributed by atoms with Crippen LogP contribution >= 0.6 is 0 Å². The molecule has 1 N–H and O–H groups in total. The van der Waals surface area contributed by atoms with Crippen molar-refractivity contribution in [2.45, 2.75) is 0 Å². The Labute approximate surface area is 107 Å². The Morgan fingerprint density at radius 3 is 2.58 bits per heavy atom. The normalized spacial score (nSPS) is 12.2. The lowest BCUT2D eigenvalue weighted by molar-refractivity contribution is -0.131. The molecule has 1 aromatic carbocycles. The van der Waals surface area contributed by atoms with Gasteiger partial charge in [0.15, 0.2) is 17.2 Å². The molecule has 0 amide bonds. The maximum Gasteiger partial charge on any atom is 0.328 e. The van der Waals surface area contributed by atoms with Crippen LogP contribution in [-0.2, 0) is 4.79 Å². The van der Waals surface area contributed by atoms with E-state index in [0.29, 0.717) is 22.9 Å². The van der Waals surface area contributed by atoms with Gasteiger partial charge in [-0.05, 0) is 18.2 Å². The first-order chi connectivity index (χ1) is 9.22. The maximum atomic E-state index is 10.4. The Bertz CT molecular complexity index is 682. The highest BCUT2D eigenvalue weighted by molar-refractivity contribution is 5.84. The second-order valence-corrected chi connectivity index (χ2v) is 3.76. The summed E-state index contributed by atoms with van der Waals surface area (Å²) in [5.74, 6) is 0.751. The monoisotopic (exact) mass is 256 g/mol. The fourth-order valence-electron chi connectivity index (χ4n) is 1.60. The molecule has 0 spiro atoms. The van der Waals surface area contributed by atoms with E-state index in [-0.39, 0.29) is 5.88 Å². The van der Waals surface area contributed by atoms with Crippen molar-refractivity contribution in [3.05, 3.63) is 42.1 Å². The quantitative estimate of drug-likeness (QED) is 0.709. The Morgan fingerprint density at radius 1 is 1.11 bits per heavy atom. The third-order valence-corrected chi connectivity index (χ3v) is 2.42. The van der Waals surface area contributed by atoms with Crippen LogP contribution in [0.5, 0.6) is 23.1 Å². The van der Waals surface area contributed by atoms with E-state index in [1.165, 1.54) is 6.08 Å². The topological polar surface area (TPSA) is 81.5 Å². The van der Waals surface area contributed by atoms with Crippen LogP contribution in [-0.4, -0.2) is 21.3 Å². The molecule has 6 nitrogen and oxygen atoms in total. The average Bonchev–Trinajstić information content (AvgIpc) is 2.42. The minimum atomic E-state index is -1.05. The number of aliphatic carboxylic acids is 1. The second-order valence-electron chi connectivity index (χ2n) is 3.76. The third-order valence-electron chi connectivity index (χ3n) is 2.42. The predicted molar refractivity (Wildman–Crippen MR) is 65.3 cm³/mol. The lowest BCUT2D eigenvalue weighted by Gasteiger charge is -2.18. The fourth-order valence-corrected chi connectivity index (χ4v) is 1.60. The minimum Gasteiger partial charge on any atom is -0.478 e. The first kappa shape index (κ1) is 11.2. The van der Waals surface area contributed by atoms with Gasteiger partial charge in [-0.2, -0.15) is 0 Å². The number of hydrogen-bond donors (Lipinski definition) is 1. The van der Waals surface area contributed by atoms with Crippen molar-refractivity contribution in [3.63, 3.8) is 0 Å². The predicted octanol–water partition coefficient (Wildman–Crippen LogP) is 2.47. The third kappa shape index (κ3) is 2.23. The number of carboxylic acids is 1. The van der Waals surface area contributed by atoms with Crippen LogP contribution in [0.1, 0.15) is 5.69 Å². The van der Waals surface area contributed by atoms with E-state index in [4.69, 9.17) is 14.6 Å². The molecule has 2 heterocycles. The SMILES string of the molecule is O=C(O)C=Cc1cc2c(nn1)Oc1ccccc1O2. The van der Waals surface area contributed by atoms with E-state index in [0.717, 1.165) is 6.08 Å². The number of aromatic nitrogens is 2. The van der Waals surface area contributed by atoms with Crippen molar-refractivity contribution in [1.82, 2.24) is 10.2 Å². The molecule has 2 aromatic rings. The highest BCUT2D eigenvalue weighted by Crippen LogP contribution is 2.43. The summed E-state index contributed by atoms with van der Waals surface area (Å²) in [4.78, 5) is 10.4. The van der Waals surface area contributed by atoms with Crippen molar-refractivity contribution >= 4 is 12.0 Å². The first-order valence-electron chi connectivity index (χ1n) is 5.46. The van der Waals surface area contributed by atoms with Crippen molar-refractivity contribution in [2.75, 3.05) is 0 Å². The molecule has 0 saturated carbocycles. The molecule has 6 heteroatoms. The molecular formula is C13H8N2O4. The molecule has 0 bridgehead atoms. The summed E-state index contributed by atoms with van der Waals surface area (Å²) in [5.41, 5.74) is 0.379. The van der Waals surface area contributed by atoms with Gasteiger partial charge in [-0.1, -0.05) is 12.1 Å². The smallest absolute Gasteiger partial charge is 0.328 e. The van der Waals surface area contributed by atoms with Crippen LogP contribution in [0.4, 0.5) is 0 Å². The Morgan fingerprint density at radius 2 is 1.84 bits per heavy atom. The highest BCUT2D eigenvalue weighted by Gasteiger charge is 2.20. The molecular weight excluding hydrogens is 248 g/mol. The van der Waals surface area contributed by atoms with E-state index < -0.39 is 5.97 Å². The number of ether oxygens (including phenoxy) is 2. The van der Waals surface area contributed by atoms with E-state index in [9.17, 15) is 4.79 Å². The number of rotatable bonds is 2. The lowest BCUT2D eigenvalue weighted by Crippen LogP contribution is -2.02. The number of fused-ring (bicyclic) bond motifs is 2. The van der Waals surface area contributed by atoms with Crippen LogP contribution < -0.4 is 9.47 Å². The van der Waals surface area contributed by atoms with Gasteiger partial charge in [-0.25, -0.2) is 4.79 Å². The maximum absolute atomic E-state index is 10.4. The molecule has 0 atom stereocenters. The number of para-hydroxylation sites is 2. The van der Waals surface area contributed by atoms with Crippen LogP contribution in [0.15, 0.2) is 36.4 Å². The van der Waals surface area contributed by atoms with Crippen molar-refractivity contribution in [3.8, 4) is 23.1 Å². The van der Waals surface area contributed by atoms with E-state index >= 15 is 0 Å². The van der Waals surface area contributed by atoms with Crippen molar-refractivity contribution in [2.24, 2.45) is 0 Å². The Hall–Kier alpha value is -2.89. The Kier molecular flexibility index (Phi) is 2.60. The fraction of sp³-hybridized carbons (Fsp3) is 0. The van der Waals surface area contributed by atoms with Crippen LogP contribution in [0.2, 0.25) is 0 Å². The molecule has 3 rings (SSSR count). The largest absolute Gasteiger partial charge is 0.478 e. The van der Waals surface area contributed by atoms with Crippen LogP contribution in [0.3, 0.4) is 0 Å². The van der Waals surface area contributed by atoms with Gasteiger partial charge in [0.05, 0.1) is 5.69 Å². The molecule has 1 aromatic heterocycles. The summed E-state index contributed by atoms with van der Waals surface area (Å²) in [5, 5.41) is 16.2. The van der Waals surface area contributed by atoms with E-state index in [1.807, 2.05) is 12.1 Å². The van der Waals surface area contributed by atoms with Crippen molar-refractivity contribution in [1.29, 1.82) is 0 Å². The zero-order chi connectivity index (χ0) is 13.2. The van der Waals surface area contributed by atoms with E-state index in [2.05, 4.69) is 10.2 Å². The number of nitrogens with zero attached hydrogens (tertiary/aromatic N) is 2. The molecule has 94 valence electrons. The molecule has 0 unspecified atom stereocenters. The number of carboxylic acid groups (broad SMARTS) is 1. The number of carbonyl (C=O) groups is 1. The average molecular weight is 256 g/mol. The number of benzene rings is 1. The van der Waals surface area contributed by atoms with Gasteiger partial charge in [-0.3, -0.25) is 0 Å². The Balaban J connectivity index is 1.94. The van der Waals surface area contributed by atoms with Crippen molar-refractivity contribution < 1.29 is 19.4 Å². The molecule has 0 fully saturated rings. The number of hydrogen-bond acceptors (Lipinski definition) is 5. The first-order valence-corrected chi connectivity index (χ1v) is 5.46. The minimum absolute atomic E-state index is 0.256. The van der Waals surface area contributed by atoms with Gasteiger partial charge >= 0.3 is 5.97 Å². The standard InChI is InChI=1S/C13H8N2O4/c16-12(17)6-5-8-7-11-13(15-14-8)19-10-4-2-1-3-9(10)18-11/h1-7H,(H,16,17). The van der Waals surface area contributed by atoms with Gasteiger partial charge in [-0.15, -0.1) is 10.2 Å². The summed E-state index contributed by atoms with van der Waals surface area (Å²) < 4.78 is 11.1. The molecule has 0 radical (unpaired) electrons. The summed E-state index contributed by atoms with van der Waals surface area (Å²) in [6, 6.07) is 8.75. The summed E-state index contributed by atoms with van der Waals surface area (Å²) >= 11 is 0. The summed E-state index contributed by atoms with van der Waals surface area (Å²) in [6.07, 6.45) is 2.31. The molecule has 0 saturated heterocycles. The lowest BCUT2D eigenvalue weighted by atomic mass is 10.3. The van der Waals surface area contributed by atoms with Gasteiger partial charge in [0.2, 0.25) is 0 Å².